The molecule has 0 saturated carbocycles. The molecule has 2 rings (SSSR count). The molecule has 0 spiro atoms. The van der Waals surface area contributed by atoms with Crippen LogP contribution in [0.4, 0.5) is 0 Å². The van der Waals surface area contributed by atoms with Crippen molar-refractivity contribution >= 4 is 12.2 Å². The molecule has 0 saturated heterocycles. The quantitative estimate of drug-likeness (QED) is 0.764. The SMILES string of the molecule is COc1cnccc1-c1n[nH]c(=S)o1. The lowest BCUT2D eigenvalue weighted by molar-refractivity contribution is 0.412. The highest BCUT2D eigenvalue weighted by atomic mass is 32.1. The first kappa shape index (κ1) is 8.89. The van der Waals surface area contributed by atoms with Gasteiger partial charge in [0.15, 0.2) is 0 Å². The molecule has 0 aliphatic heterocycles. The molecule has 0 aliphatic rings. The summed E-state index contributed by atoms with van der Waals surface area (Å²) in [7, 11) is 1.56. The molecule has 0 bridgehead atoms. The Morgan fingerprint density at radius 3 is 3.07 bits per heavy atom. The van der Waals surface area contributed by atoms with Crippen LogP contribution >= 0.6 is 12.2 Å². The van der Waals surface area contributed by atoms with Crippen molar-refractivity contribution in [2.45, 2.75) is 0 Å². The lowest BCUT2D eigenvalue weighted by atomic mass is 10.2. The van der Waals surface area contributed by atoms with Gasteiger partial charge in [-0.2, -0.15) is 0 Å². The van der Waals surface area contributed by atoms with E-state index in [2.05, 4.69) is 15.2 Å². The number of aromatic nitrogens is 3. The van der Waals surface area contributed by atoms with Gasteiger partial charge in [0.1, 0.15) is 5.75 Å². The van der Waals surface area contributed by atoms with Crippen molar-refractivity contribution in [2.24, 2.45) is 0 Å². The molecule has 1 N–H and O–H groups in total. The maximum atomic E-state index is 5.15. The number of aromatic amines is 1. The Morgan fingerprint density at radius 2 is 2.43 bits per heavy atom. The highest BCUT2D eigenvalue weighted by Gasteiger charge is 2.09. The largest absolute Gasteiger partial charge is 0.494 e. The zero-order valence-corrected chi connectivity index (χ0v) is 8.17. The van der Waals surface area contributed by atoms with Crippen molar-refractivity contribution in [1.82, 2.24) is 15.2 Å². The van der Waals surface area contributed by atoms with E-state index >= 15 is 0 Å². The van der Waals surface area contributed by atoms with Gasteiger partial charge >= 0.3 is 0 Å². The Hall–Kier alpha value is -1.69. The molecule has 0 atom stereocenters. The normalized spacial score (nSPS) is 10.1. The molecule has 0 amide bonds. The highest BCUT2D eigenvalue weighted by molar-refractivity contribution is 7.71. The minimum atomic E-state index is 0.235. The second kappa shape index (κ2) is 3.59. The van der Waals surface area contributed by atoms with E-state index in [-0.39, 0.29) is 4.84 Å². The van der Waals surface area contributed by atoms with E-state index in [1.165, 1.54) is 0 Å². The predicted octanol–water partition coefficient (Wildman–Crippen LogP) is 1.80. The van der Waals surface area contributed by atoms with Crippen molar-refractivity contribution in [3.05, 3.63) is 23.3 Å². The lowest BCUT2D eigenvalue weighted by Crippen LogP contribution is -1.88. The molecule has 0 unspecified atom stereocenters. The van der Waals surface area contributed by atoms with Gasteiger partial charge in [-0.25, -0.2) is 5.10 Å². The average molecular weight is 209 g/mol. The molecule has 5 nitrogen and oxygen atoms in total. The van der Waals surface area contributed by atoms with Gasteiger partial charge in [0, 0.05) is 6.20 Å². The van der Waals surface area contributed by atoms with E-state index in [1.807, 2.05) is 0 Å². The molecule has 14 heavy (non-hydrogen) atoms. The fourth-order valence-electron chi connectivity index (χ4n) is 1.06. The maximum Gasteiger partial charge on any atom is 0.284 e. The minimum absolute atomic E-state index is 0.235. The molecule has 6 heteroatoms. The van der Waals surface area contributed by atoms with E-state index in [0.29, 0.717) is 11.6 Å². The summed E-state index contributed by atoms with van der Waals surface area (Å²) in [6.07, 6.45) is 3.22. The second-order valence-electron chi connectivity index (χ2n) is 2.49. The van der Waals surface area contributed by atoms with Crippen molar-refractivity contribution in [2.75, 3.05) is 7.11 Å². The van der Waals surface area contributed by atoms with Crippen LogP contribution < -0.4 is 4.74 Å². The molecule has 0 aliphatic carbocycles. The molecular weight excluding hydrogens is 202 g/mol. The van der Waals surface area contributed by atoms with Gasteiger partial charge in [0.2, 0.25) is 5.89 Å². The van der Waals surface area contributed by atoms with Crippen LogP contribution in [0.15, 0.2) is 22.9 Å². The summed E-state index contributed by atoms with van der Waals surface area (Å²) >= 11 is 4.77. The van der Waals surface area contributed by atoms with Crippen LogP contribution in [0.5, 0.6) is 5.75 Å². The van der Waals surface area contributed by atoms with Crippen molar-refractivity contribution in [3.63, 3.8) is 0 Å². The summed E-state index contributed by atoms with van der Waals surface area (Å²) in [4.78, 5) is 4.15. The van der Waals surface area contributed by atoms with Gasteiger partial charge in [-0.1, -0.05) is 0 Å². The molecule has 0 aromatic carbocycles. The Kier molecular flexibility index (Phi) is 2.28. The minimum Gasteiger partial charge on any atom is -0.494 e. The number of pyridine rings is 1. The van der Waals surface area contributed by atoms with E-state index in [4.69, 9.17) is 21.4 Å². The molecule has 0 radical (unpaired) electrons. The fourth-order valence-corrected chi connectivity index (χ4v) is 1.19. The standard InChI is InChI=1S/C8H7N3O2S/c1-12-6-4-9-3-2-5(6)7-10-11-8(14)13-7/h2-4H,1H3,(H,11,14). The number of nitrogens with one attached hydrogen (secondary N) is 1. The number of methoxy groups -OCH3 is 1. The smallest absolute Gasteiger partial charge is 0.284 e. The highest BCUT2D eigenvalue weighted by Crippen LogP contribution is 2.26. The van der Waals surface area contributed by atoms with Crippen LogP contribution in [0.25, 0.3) is 11.5 Å². The van der Waals surface area contributed by atoms with Crippen molar-refractivity contribution in [1.29, 1.82) is 0 Å². The Labute approximate surface area is 84.7 Å². The molecular formula is C8H7N3O2S. The second-order valence-corrected chi connectivity index (χ2v) is 2.87. The number of hydrogen-bond acceptors (Lipinski definition) is 5. The Bertz CT molecular complexity index is 491. The van der Waals surface area contributed by atoms with E-state index in [0.717, 1.165) is 5.56 Å². The summed E-state index contributed by atoms with van der Waals surface area (Å²) in [5.74, 6) is 0.993. The van der Waals surface area contributed by atoms with E-state index < -0.39 is 0 Å². The van der Waals surface area contributed by atoms with Gasteiger partial charge in [0.05, 0.1) is 18.9 Å². The average Bonchev–Trinajstić information content (AvgIpc) is 2.65. The summed E-state index contributed by atoms with van der Waals surface area (Å²) in [5.41, 5.74) is 0.717. The summed E-state index contributed by atoms with van der Waals surface area (Å²) in [6, 6.07) is 1.74. The lowest BCUT2D eigenvalue weighted by Gasteiger charge is -2.02. The number of rotatable bonds is 2. The first-order chi connectivity index (χ1) is 6.81. The number of H-pyrrole nitrogens is 1. The van der Waals surface area contributed by atoms with Gasteiger partial charge in [0.25, 0.3) is 4.84 Å². The maximum absolute atomic E-state index is 5.15. The zero-order valence-electron chi connectivity index (χ0n) is 7.35. The van der Waals surface area contributed by atoms with Crippen LogP contribution in [-0.2, 0) is 0 Å². The van der Waals surface area contributed by atoms with Crippen molar-refractivity contribution in [3.8, 4) is 17.2 Å². The van der Waals surface area contributed by atoms with Crippen LogP contribution in [0.3, 0.4) is 0 Å². The van der Waals surface area contributed by atoms with Crippen LogP contribution in [0.2, 0.25) is 0 Å². The Morgan fingerprint density at radius 1 is 1.57 bits per heavy atom. The van der Waals surface area contributed by atoms with E-state index in [9.17, 15) is 0 Å². The van der Waals surface area contributed by atoms with Gasteiger partial charge in [-0.15, -0.1) is 5.10 Å². The third-order valence-electron chi connectivity index (χ3n) is 1.67. The third kappa shape index (κ3) is 1.51. The first-order valence-corrected chi connectivity index (χ1v) is 4.26. The van der Waals surface area contributed by atoms with Crippen LogP contribution in [0.1, 0.15) is 0 Å². The number of nitrogens with zero attached hydrogens (tertiary/aromatic N) is 2. The summed E-state index contributed by atoms with van der Waals surface area (Å²) in [5, 5.41) is 6.43. The summed E-state index contributed by atoms with van der Waals surface area (Å²) in [6.45, 7) is 0. The summed E-state index contributed by atoms with van der Waals surface area (Å²) < 4.78 is 10.3. The van der Waals surface area contributed by atoms with Crippen LogP contribution in [-0.4, -0.2) is 22.3 Å². The Balaban J connectivity index is 2.55. The van der Waals surface area contributed by atoms with Gasteiger partial charge in [-0.05, 0) is 18.3 Å². The number of hydrogen-bond donors (Lipinski definition) is 1. The first-order valence-electron chi connectivity index (χ1n) is 3.85. The predicted molar refractivity (Wildman–Crippen MR) is 51.5 cm³/mol. The molecule has 2 aromatic heterocycles. The third-order valence-corrected chi connectivity index (χ3v) is 1.85. The topological polar surface area (TPSA) is 63.9 Å². The monoisotopic (exact) mass is 209 g/mol. The number of ether oxygens (including phenoxy) is 1. The van der Waals surface area contributed by atoms with Gasteiger partial charge in [-0.3, -0.25) is 4.98 Å². The fraction of sp³-hybridized carbons (Fsp3) is 0.125. The molecule has 0 fully saturated rings. The van der Waals surface area contributed by atoms with Crippen molar-refractivity contribution < 1.29 is 9.15 Å². The van der Waals surface area contributed by atoms with E-state index in [1.54, 1.807) is 25.6 Å². The molecule has 2 aromatic rings. The molecule has 72 valence electrons. The van der Waals surface area contributed by atoms with Crippen LogP contribution in [0, 0.1) is 4.84 Å². The molecule has 2 heterocycles. The zero-order chi connectivity index (χ0) is 9.97. The van der Waals surface area contributed by atoms with Gasteiger partial charge < -0.3 is 9.15 Å².